The molecule has 0 saturated heterocycles. The summed E-state index contributed by atoms with van der Waals surface area (Å²) >= 11 is 0. The lowest BCUT2D eigenvalue weighted by Gasteiger charge is -2.11. The first-order chi connectivity index (χ1) is 11.5. The van der Waals surface area contributed by atoms with Gasteiger partial charge in [-0.05, 0) is 49.5 Å². The third kappa shape index (κ3) is 3.17. The fourth-order valence-electron chi connectivity index (χ4n) is 2.37. The molecule has 0 radical (unpaired) electrons. The van der Waals surface area contributed by atoms with Crippen molar-refractivity contribution in [1.29, 1.82) is 4.78 Å². The Morgan fingerprint density at radius 3 is 2.54 bits per heavy atom. The van der Waals surface area contributed by atoms with Gasteiger partial charge in [-0.1, -0.05) is 0 Å². The van der Waals surface area contributed by atoms with Crippen molar-refractivity contribution in [2.75, 3.05) is 19.5 Å². The zero-order valence-corrected chi connectivity index (χ0v) is 14.2. The lowest BCUT2D eigenvalue weighted by atomic mass is 10.1. The average molecular weight is 342 g/mol. The molecule has 3 N–H and O–H groups in total. The van der Waals surface area contributed by atoms with Crippen LogP contribution in [-0.2, 0) is 9.92 Å². The van der Waals surface area contributed by atoms with Crippen molar-refractivity contribution in [3.63, 3.8) is 0 Å². The number of hydrogen-bond acceptors (Lipinski definition) is 5. The smallest absolute Gasteiger partial charge is 0.134 e. The molecule has 0 fully saturated rings. The van der Waals surface area contributed by atoms with Crippen molar-refractivity contribution >= 4 is 32.2 Å². The minimum atomic E-state index is -2.93. The van der Waals surface area contributed by atoms with Gasteiger partial charge >= 0.3 is 0 Å². The number of fused-ring (bicyclic) bond motifs is 1. The van der Waals surface area contributed by atoms with Gasteiger partial charge in [0.1, 0.15) is 15.7 Å². The Morgan fingerprint density at radius 1 is 1.12 bits per heavy atom. The number of nitrogens with zero attached hydrogens (tertiary/aromatic N) is 1. The molecule has 1 heterocycles. The van der Waals surface area contributed by atoms with Crippen LogP contribution < -0.4 is 14.8 Å². The van der Waals surface area contributed by atoms with Crippen molar-refractivity contribution < 1.29 is 8.95 Å². The van der Waals surface area contributed by atoms with Gasteiger partial charge in [0.2, 0.25) is 0 Å². The summed E-state index contributed by atoms with van der Waals surface area (Å²) in [5.41, 5.74) is 2.59. The van der Waals surface area contributed by atoms with Gasteiger partial charge in [0.15, 0.2) is 0 Å². The van der Waals surface area contributed by atoms with Gasteiger partial charge in [0.05, 0.1) is 17.5 Å². The first kappa shape index (κ1) is 16.2. The van der Waals surface area contributed by atoms with Gasteiger partial charge in [0.25, 0.3) is 0 Å². The highest BCUT2D eigenvalue weighted by Gasteiger charge is 2.08. The van der Waals surface area contributed by atoms with Crippen LogP contribution in [0.5, 0.6) is 5.75 Å². The molecule has 0 aliphatic rings. The number of pyridine rings is 1. The summed E-state index contributed by atoms with van der Waals surface area (Å²) in [5, 5.41) is 4.30. The molecule has 0 amide bonds. The molecule has 24 heavy (non-hydrogen) atoms. The zero-order valence-electron chi connectivity index (χ0n) is 13.4. The van der Waals surface area contributed by atoms with E-state index in [1.54, 1.807) is 37.6 Å². The number of nitrogens with one attached hydrogen (secondary N) is 3. The SMILES string of the molecule is CNS(=N)(=O)c1ccc(Nc2ccnc3cc(OC)ccc23)cc1. The predicted octanol–water partition coefficient (Wildman–Crippen LogP) is 3.53. The summed E-state index contributed by atoms with van der Waals surface area (Å²) in [7, 11) is 0.206. The Morgan fingerprint density at radius 2 is 1.88 bits per heavy atom. The number of anilines is 2. The van der Waals surface area contributed by atoms with Crippen LogP contribution in [0.25, 0.3) is 10.9 Å². The van der Waals surface area contributed by atoms with Crippen molar-refractivity contribution in [3.05, 3.63) is 54.7 Å². The molecule has 0 bridgehead atoms. The molecule has 6 nitrogen and oxygen atoms in total. The molecular weight excluding hydrogens is 324 g/mol. The maximum absolute atomic E-state index is 12.0. The molecule has 7 heteroatoms. The van der Waals surface area contributed by atoms with E-state index in [4.69, 9.17) is 9.52 Å². The Balaban J connectivity index is 1.93. The van der Waals surface area contributed by atoms with Gasteiger partial charge < -0.3 is 10.1 Å². The van der Waals surface area contributed by atoms with Crippen LogP contribution in [-0.4, -0.2) is 23.4 Å². The molecule has 1 aromatic heterocycles. The number of benzene rings is 2. The number of rotatable bonds is 5. The average Bonchev–Trinajstić information content (AvgIpc) is 2.62. The summed E-state index contributed by atoms with van der Waals surface area (Å²) in [4.78, 5) is 4.80. The lowest BCUT2D eigenvalue weighted by Crippen LogP contribution is -2.16. The molecule has 1 unspecified atom stereocenters. The first-order valence-corrected chi connectivity index (χ1v) is 8.86. The maximum Gasteiger partial charge on any atom is 0.134 e. The standard InChI is InChI=1S/C17H18N4O2S/c1-19-24(18,22)14-6-3-12(4-7-14)21-16-9-10-20-17-11-13(23-2)5-8-15(16)17/h3-11H,1-2H3,(H,20,21)(H2,18,19,22). The van der Waals surface area contributed by atoms with Gasteiger partial charge in [-0.15, -0.1) is 0 Å². The number of ether oxygens (including phenoxy) is 1. The highest BCUT2D eigenvalue weighted by atomic mass is 32.2. The summed E-state index contributed by atoms with van der Waals surface area (Å²) < 4.78 is 27.4. The van der Waals surface area contributed by atoms with Crippen molar-refractivity contribution in [2.24, 2.45) is 0 Å². The summed E-state index contributed by atoms with van der Waals surface area (Å²) in [6, 6.07) is 14.6. The fourth-order valence-corrected chi connectivity index (χ4v) is 3.12. The van der Waals surface area contributed by atoms with E-state index >= 15 is 0 Å². The molecule has 124 valence electrons. The van der Waals surface area contributed by atoms with Crippen LogP contribution in [0, 0.1) is 4.78 Å². The van der Waals surface area contributed by atoms with Gasteiger partial charge in [0, 0.05) is 29.0 Å². The van der Waals surface area contributed by atoms with E-state index in [-0.39, 0.29) is 0 Å². The quantitative estimate of drug-likeness (QED) is 0.662. The third-order valence-electron chi connectivity index (χ3n) is 3.70. The fraction of sp³-hybridized carbons (Fsp3) is 0.118. The number of hydrogen-bond donors (Lipinski definition) is 3. The molecule has 0 spiro atoms. The third-order valence-corrected chi connectivity index (χ3v) is 5.21. The number of methoxy groups -OCH3 is 1. The van der Waals surface area contributed by atoms with E-state index in [1.807, 2.05) is 24.3 Å². The van der Waals surface area contributed by atoms with Crippen LogP contribution in [0.2, 0.25) is 0 Å². The van der Waals surface area contributed by atoms with Crippen LogP contribution in [0.1, 0.15) is 0 Å². The van der Waals surface area contributed by atoms with Crippen LogP contribution in [0.15, 0.2) is 59.6 Å². The molecule has 3 aromatic rings. The molecule has 0 saturated carbocycles. The second-order valence-corrected chi connectivity index (χ2v) is 7.14. The second kappa shape index (κ2) is 6.46. The van der Waals surface area contributed by atoms with E-state index in [0.29, 0.717) is 4.90 Å². The summed E-state index contributed by atoms with van der Waals surface area (Å²) in [6.07, 6.45) is 1.73. The van der Waals surface area contributed by atoms with E-state index in [2.05, 4.69) is 15.0 Å². The monoisotopic (exact) mass is 342 g/mol. The first-order valence-electron chi connectivity index (χ1n) is 7.30. The maximum atomic E-state index is 12.0. The Labute approximate surface area is 141 Å². The second-order valence-electron chi connectivity index (χ2n) is 5.15. The highest BCUT2D eigenvalue weighted by molar-refractivity contribution is 7.90. The largest absolute Gasteiger partial charge is 0.497 e. The Kier molecular flexibility index (Phi) is 4.37. The minimum Gasteiger partial charge on any atom is -0.497 e. The molecule has 0 aliphatic carbocycles. The van der Waals surface area contributed by atoms with E-state index in [0.717, 1.165) is 28.0 Å². The van der Waals surface area contributed by atoms with E-state index < -0.39 is 9.92 Å². The van der Waals surface area contributed by atoms with E-state index in [1.165, 1.54) is 7.05 Å². The Hall–Kier alpha value is -2.64. The lowest BCUT2D eigenvalue weighted by molar-refractivity contribution is 0.415. The van der Waals surface area contributed by atoms with Crippen molar-refractivity contribution in [1.82, 2.24) is 9.71 Å². The van der Waals surface area contributed by atoms with E-state index in [9.17, 15) is 4.21 Å². The summed E-state index contributed by atoms with van der Waals surface area (Å²) in [6.45, 7) is 0. The summed E-state index contributed by atoms with van der Waals surface area (Å²) in [5.74, 6) is 0.758. The van der Waals surface area contributed by atoms with Gasteiger partial charge in [-0.25, -0.2) is 13.7 Å². The van der Waals surface area contributed by atoms with Crippen LogP contribution in [0.4, 0.5) is 11.4 Å². The predicted molar refractivity (Wildman–Crippen MR) is 96.2 cm³/mol. The minimum absolute atomic E-state index is 0.444. The van der Waals surface area contributed by atoms with Gasteiger partial charge in [-0.2, -0.15) is 0 Å². The molecule has 0 aliphatic heterocycles. The van der Waals surface area contributed by atoms with Crippen LogP contribution in [0.3, 0.4) is 0 Å². The van der Waals surface area contributed by atoms with Crippen molar-refractivity contribution in [2.45, 2.75) is 4.90 Å². The zero-order chi connectivity index (χ0) is 17.2. The molecule has 2 aromatic carbocycles. The Bertz CT molecular complexity index is 970. The van der Waals surface area contributed by atoms with Crippen molar-refractivity contribution in [3.8, 4) is 5.75 Å². The van der Waals surface area contributed by atoms with Gasteiger partial charge in [-0.3, -0.25) is 4.98 Å². The number of aromatic nitrogens is 1. The normalized spacial score (nSPS) is 13.4. The highest BCUT2D eigenvalue weighted by Crippen LogP contribution is 2.28. The van der Waals surface area contributed by atoms with Crippen LogP contribution >= 0.6 is 0 Å². The molecule has 1 atom stereocenters. The topological polar surface area (TPSA) is 87.1 Å². The molecule has 3 rings (SSSR count). The molecular formula is C17H18N4O2S.